The Morgan fingerprint density at radius 2 is 1.96 bits per heavy atom. The minimum absolute atomic E-state index is 0.340. The highest BCUT2D eigenvalue weighted by Crippen LogP contribution is 2.27. The maximum absolute atomic E-state index is 11.4. The van der Waals surface area contributed by atoms with Gasteiger partial charge in [-0.1, -0.05) is 32.9 Å². The maximum atomic E-state index is 11.4. The van der Waals surface area contributed by atoms with Gasteiger partial charge in [-0.2, -0.15) is 0 Å². The standard InChI is InChI=1S/C18H22N2O3/c1-18(2,3)16(17(21)22)9-14-11-20(12-19-14)10-13-5-7-15(23-4)8-6-13/h5-9,11-12H,10H2,1-4H3,(H,21,22). The molecule has 5 nitrogen and oxygen atoms in total. The third kappa shape index (κ3) is 4.45. The van der Waals surface area contributed by atoms with Crippen LogP contribution in [-0.4, -0.2) is 27.7 Å². The van der Waals surface area contributed by atoms with Gasteiger partial charge in [0.15, 0.2) is 0 Å². The average molecular weight is 314 g/mol. The van der Waals surface area contributed by atoms with Crippen molar-refractivity contribution in [3.05, 3.63) is 53.6 Å². The van der Waals surface area contributed by atoms with Crippen molar-refractivity contribution in [2.45, 2.75) is 27.3 Å². The number of hydrogen-bond acceptors (Lipinski definition) is 3. The molecular weight excluding hydrogens is 292 g/mol. The molecule has 0 unspecified atom stereocenters. The van der Waals surface area contributed by atoms with Gasteiger partial charge < -0.3 is 14.4 Å². The highest BCUT2D eigenvalue weighted by Gasteiger charge is 2.23. The molecule has 1 heterocycles. The van der Waals surface area contributed by atoms with Gasteiger partial charge >= 0.3 is 5.97 Å². The lowest BCUT2D eigenvalue weighted by Crippen LogP contribution is -2.17. The van der Waals surface area contributed by atoms with Crippen LogP contribution >= 0.6 is 0 Å². The van der Waals surface area contributed by atoms with Crippen molar-refractivity contribution >= 4 is 12.0 Å². The van der Waals surface area contributed by atoms with Crippen LogP contribution in [0.1, 0.15) is 32.0 Å². The van der Waals surface area contributed by atoms with Crippen molar-refractivity contribution in [1.82, 2.24) is 9.55 Å². The lowest BCUT2D eigenvalue weighted by molar-refractivity contribution is -0.133. The number of carboxylic acid groups (broad SMARTS) is 1. The molecule has 0 saturated carbocycles. The van der Waals surface area contributed by atoms with Crippen LogP contribution in [0.15, 0.2) is 42.4 Å². The van der Waals surface area contributed by atoms with Crippen LogP contribution in [-0.2, 0) is 11.3 Å². The number of aliphatic carboxylic acids is 1. The molecule has 0 bridgehead atoms. The van der Waals surface area contributed by atoms with E-state index >= 15 is 0 Å². The number of carboxylic acids is 1. The molecule has 0 aliphatic heterocycles. The van der Waals surface area contributed by atoms with Crippen LogP contribution in [0.4, 0.5) is 0 Å². The molecule has 1 aromatic carbocycles. The van der Waals surface area contributed by atoms with E-state index in [1.807, 2.05) is 55.8 Å². The molecule has 0 atom stereocenters. The summed E-state index contributed by atoms with van der Waals surface area (Å²) in [7, 11) is 1.64. The summed E-state index contributed by atoms with van der Waals surface area (Å²) in [6.45, 7) is 6.30. The molecule has 0 spiro atoms. The summed E-state index contributed by atoms with van der Waals surface area (Å²) >= 11 is 0. The summed E-state index contributed by atoms with van der Waals surface area (Å²) in [6, 6.07) is 7.81. The van der Waals surface area contributed by atoms with Crippen LogP contribution in [0.5, 0.6) is 5.75 Å². The maximum Gasteiger partial charge on any atom is 0.332 e. The van der Waals surface area contributed by atoms with Crippen LogP contribution < -0.4 is 4.74 Å². The van der Waals surface area contributed by atoms with Gasteiger partial charge in [-0.05, 0) is 29.2 Å². The fourth-order valence-electron chi connectivity index (χ4n) is 2.23. The quantitative estimate of drug-likeness (QED) is 0.859. The van der Waals surface area contributed by atoms with Crippen LogP contribution in [0.2, 0.25) is 0 Å². The SMILES string of the molecule is COc1ccc(Cn2cnc(C=C(C(=O)O)C(C)(C)C)c2)cc1. The lowest BCUT2D eigenvalue weighted by Gasteiger charge is -2.18. The highest BCUT2D eigenvalue weighted by molar-refractivity contribution is 5.93. The molecule has 2 aromatic rings. The molecule has 0 aliphatic carbocycles. The Morgan fingerprint density at radius 1 is 1.30 bits per heavy atom. The average Bonchev–Trinajstić information content (AvgIpc) is 2.91. The third-order valence-electron chi connectivity index (χ3n) is 3.51. The third-order valence-corrected chi connectivity index (χ3v) is 3.51. The summed E-state index contributed by atoms with van der Waals surface area (Å²) < 4.78 is 7.07. The Labute approximate surface area is 136 Å². The predicted octanol–water partition coefficient (Wildman–Crippen LogP) is 3.45. The first-order valence-corrected chi connectivity index (χ1v) is 7.40. The molecule has 5 heteroatoms. The molecule has 122 valence electrons. The monoisotopic (exact) mass is 314 g/mol. The molecule has 0 saturated heterocycles. The summed E-state index contributed by atoms with van der Waals surface area (Å²) in [6.07, 6.45) is 5.18. The van der Waals surface area contributed by atoms with E-state index in [1.54, 1.807) is 19.5 Å². The van der Waals surface area contributed by atoms with Crippen molar-refractivity contribution in [3.63, 3.8) is 0 Å². The van der Waals surface area contributed by atoms with Gasteiger partial charge in [-0.15, -0.1) is 0 Å². The summed E-state index contributed by atoms with van der Waals surface area (Å²) in [5, 5.41) is 9.35. The second-order valence-corrected chi connectivity index (χ2v) is 6.43. The van der Waals surface area contributed by atoms with Gasteiger partial charge in [0.1, 0.15) is 5.75 Å². The number of carbonyl (C=O) groups is 1. The zero-order chi connectivity index (χ0) is 17.0. The summed E-state index contributed by atoms with van der Waals surface area (Å²) in [5.74, 6) is -0.0958. The molecule has 0 amide bonds. The first-order valence-electron chi connectivity index (χ1n) is 7.40. The number of hydrogen-bond donors (Lipinski definition) is 1. The summed E-state index contributed by atoms with van der Waals surface area (Å²) in [4.78, 5) is 15.7. The first-order chi connectivity index (χ1) is 10.8. The Kier molecular flexibility index (Phi) is 4.89. The van der Waals surface area contributed by atoms with Crippen LogP contribution in [0.3, 0.4) is 0 Å². The zero-order valence-electron chi connectivity index (χ0n) is 13.9. The van der Waals surface area contributed by atoms with Gasteiger partial charge in [0.25, 0.3) is 0 Å². The van der Waals surface area contributed by atoms with E-state index in [9.17, 15) is 9.90 Å². The molecule has 1 N–H and O–H groups in total. The van der Waals surface area contributed by atoms with Gasteiger partial charge in [0, 0.05) is 18.3 Å². The molecule has 23 heavy (non-hydrogen) atoms. The number of rotatable bonds is 5. The van der Waals surface area contributed by atoms with Gasteiger partial charge in [-0.3, -0.25) is 0 Å². The van der Waals surface area contributed by atoms with E-state index in [4.69, 9.17) is 4.74 Å². The van der Waals surface area contributed by atoms with E-state index in [0.717, 1.165) is 11.3 Å². The molecule has 0 aliphatic rings. The molecular formula is C18H22N2O3. The van der Waals surface area contributed by atoms with E-state index in [0.29, 0.717) is 17.8 Å². The topological polar surface area (TPSA) is 64.4 Å². The van der Waals surface area contributed by atoms with Crippen LogP contribution in [0.25, 0.3) is 6.08 Å². The summed E-state index contributed by atoms with van der Waals surface area (Å²) in [5.41, 5.74) is 1.66. The minimum atomic E-state index is -0.915. The van der Waals surface area contributed by atoms with Gasteiger partial charge in [-0.25, -0.2) is 9.78 Å². The number of nitrogens with zero attached hydrogens (tertiary/aromatic N) is 2. The Balaban J connectivity index is 2.18. The van der Waals surface area contributed by atoms with E-state index in [-0.39, 0.29) is 0 Å². The fraction of sp³-hybridized carbons (Fsp3) is 0.333. The van der Waals surface area contributed by atoms with Crippen molar-refractivity contribution in [1.29, 1.82) is 0 Å². The largest absolute Gasteiger partial charge is 0.497 e. The normalized spacial score (nSPS) is 12.3. The van der Waals surface area contributed by atoms with Crippen molar-refractivity contribution in [2.75, 3.05) is 7.11 Å². The fourth-order valence-corrected chi connectivity index (χ4v) is 2.23. The molecule has 0 fully saturated rings. The smallest absolute Gasteiger partial charge is 0.332 e. The number of methoxy groups -OCH3 is 1. The van der Waals surface area contributed by atoms with Gasteiger partial charge in [0.2, 0.25) is 0 Å². The second kappa shape index (κ2) is 6.69. The zero-order valence-corrected chi connectivity index (χ0v) is 13.9. The molecule has 1 aromatic heterocycles. The predicted molar refractivity (Wildman–Crippen MR) is 89.4 cm³/mol. The van der Waals surface area contributed by atoms with Crippen molar-refractivity contribution in [2.24, 2.45) is 5.41 Å². The highest BCUT2D eigenvalue weighted by atomic mass is 16.5. The van der Waals surface area contributed by atoms with Crippen molar-refractivity contribution in [3.8, 4) is 5.75 Å². The van der Waals surface area contributed by atoms with Gasteiger partial charge in [0.05, 0.1) is 19.1 Å². The van der Waals surface area contributed by atoms with Crippen LogP contribution in [0, 0.1) is 5.41 Å². The number of imidazole rings is 1. The Bertz CT molecular complexity index is 707. The Hall–Kier alpha value is -2.56. The lowest BCUT2D eigenvalue weighted by atomic mass is 9.86. The van der Waals surface area contributed by atoms with E-state index in [1.165, 1.54) is 0 Å². The number of ether oxygens (including phenoxy) is 1. The molecule has 2 rings (SSSR count). The van der Waals surface area contributed by atoms with Crippen molar-refractivity contribution < 1.29 is 14.6 Å². The Morgan fingerprint density at radius 3 is 2.48 bits per heavy atom. The van der Waals surface area contributed by atoms with E-state index < -0.39 is 11.4 Å². The first kappa shape index (κ1) is 16.8. The van der Waals surface area contributed by atoms with E-state index in [2.05, 4.69) is 4.98 Å². The molecule has 0 radical (unpaired) electrons. The second-order valence-electron chi connectivity index (χ2n) is 6.43. The number of aromatic nitrogens is 2. The number of benzene rings is 1. The minimum Gasteiger partial charge on any atom is -0.497 e.